The number of nitrogens with zero attached hydrogens (tertiary/aromatic N) is 1. The van der Waals surface area contributed by atoms with E-state index in [4.69, 9.17) is 4.74 Å². The van der Waals surface area contributed by atoms with Gasteiger partial charge in [0.2, 0.25) is 10.0 Å². The topological polar surface area (TPSA) is 63.7 Å². The van der Waals surface area contributed by atoms with Crippen molar-refractivity contribution in [1.29, 1.82) is 0 Å². The minimum absolute atomic E-state index is 0.0612. The first-order valence-electron chi connectivity index (χ1n) is 6.75. The normalized spacial score (nSPS) is 11.5. The van der Waals surface area contributed by atoms with E-state index in [9.17, 15) is 17.6 Å². The van der Waals surface area contributed by atoms with E-state index in [1.165, 1.54) is 56.6 Å². The Morgan fingerprint density at radius 2 is 1.78 bits per heavy atom. The van der Waals surface area contributed by atoms with E-state index in [1.807, 2.05) is 0 Å². The summed E-state index contributed by atoms with van der Waals surface area (Å²) in [6.07, 6.45) is 0. The highest BCUT2D eigenvalue weighted by Gasteiger charge is 2.17. The standard InChI is InChI=1S/C16H16FNO4S/c1-18(2)23(20,21)15-8-6-13(7-9-15)16(19)22-11-12-4-3-5-14(17)10-12/h3-10H,11H2,1-2H3. The Balaban J connectivity index is 2.06. The van der Waals surface area contributed by atoms with Gasteiger partial charge in [0.1, 0.15) is 12.4 Å². The van der Waals surface area contributed by atoms with Crippen LogP contribution in [0.2, 0.25) is 0 Å². The summed E-state index contributed by atoms with van der Waals surface area (Å²) in [5.41, 5.74) is 0.754. The second-order valence-corrected chi connectivity index (χ2v) is 7.17. The first kappa shape index (κ1) is 17.1. The molecule has 0 saturated heterocycles. The maximum Gasteiger partial charge on any atom is 0.338 e. The van der Waals surface area contributed by atoms with Gasteiger partial charge in [-0.15, -0.1) is 0 Å². The zero-order valence-electron chi connectivity index (χ0n) is 12.7. The third-order valence-electron chi connectivity index (χ3n) is 3.13. The van der Waals surface area contributed by atoms with Gasteiger partial charge in [-0.1, -0.05) is 12.1 Å². The van der Waals surface area contributed by atoms with Crippen molar-refractivity contribution in [3.05, 3.63) is 65.5 Å². The van der Waals surface area contributed by atoms with Crippen molar-refractivity contribution < 1.29 is 22.3 Å². The number of rotatable bonds is 5. The largest absolute Gasteiger partial charge is 0.457 e. The van der Waals surface area contributed by atoms with E-state index in [0.717, 1.165) is 4.31 Å². The minimum Gasteiger partial charge on any atom is -0.457 e. The predicted octanol–water partition coefficient (Wildman–Crippen LogP) is 2.43. The van der Waals surface area contributed by atoms with Gasteiger partial charge in [-0.3, -0.25) is 0 Å². The molecule has 2 aromatic rings. The van der Waals surface area contributed by atoms with E-state index in [1.54, 1.807) is 6.07 Å². The summed E-state index contributed by atoms with van der Waals surface area (Å²) in [6, 6.07) is 11.2. The van der Waals surface area contributed by atoms with Gasteiger partial charge >= 0.3 is 5.97 Å². The minimum atomic E-state index is -3.54. The number of ether oxygens (including phenoxy) is 1. The monoisotopic (exact) mass is 337 g/mol. The molecule has 0 aromatic heterocycles. The molecule has 0 heterocycles. The summed E-state index contributed by atoms with van der Waals surface area (Å²) in [5.74, 6) is -1.01. The van der Waals surface area contributed by atoms with Crippen LogP contribution in [-0.2, 0) is 21.4 Å². The second kappa shape index (κ2) is 6.89. The van der Waals surface area contributed by atoms with Crippen LogP contribution in [0.25, 0.3) is 0 Å². The van der Waals surface area contributed by atoms with Crippen LogP contribution in [0.1, 0.15) is 15.9 Å². The molecule has 0 fully saturated rings. The SMILES string of the molecule is CN(C)S(=O)(=O)c1ccc(C(=O)OCc2cccc(F)c2)cc1. The Morgan fingerprint density at radius 1 is 1.13 bits per heavy atom. The molecule has 0 aliphatic carbocycles. The zero-order chi connectivity index (χ0) is 17.0. The molecule has 5 nitrogen and oxygen atoms in total. The molecule has 0 saturated carbocycles. The fraction of sp³-hybridized carbons (Fsp3) is 0.188. The van der Waals surface area contributed by atoms with E-state index in [0.29, 0.717) is 5.56 Å². The quantitative estimate of drug-likeness (QED) is 0.786. The summed E-state index contributed by atoms with van der Waals surface area (Å²) in [4.78, 5) is 12.0. The lowest BCUT2D eigenvalue weighted by atomic mass is 10.2. The molecule has 0 atom stereocenters. The Hall–Kier alpha value is -2.25. The molecule has 0 aliphatic heterocycles. The van der Waals surface area contributed by atoms with Crippen LogP contribution in [0, 0.1) is 5.82 Å². The summed E-state index contributed by atoms with van der Waals surface area (Å²) >= 11 is 0. The number of hydrogen-bond acceptors (Lipinski definition) is 4. The van der Waals surface area contributed by atoms with Gasteiger partial charge in [0.25, 0.3) is 0 Å². The first-order valence-corrected chi connectivity index (χ1v) is 8.19. The average molecular weight is 337 g/mol. The third kappa shape index (κ3) is 4.14. The Bertz CT molecular complexity index is 801. The van der Waals surface area contributed by atoms with E-state index < -0.39 is 21.8 Å². The van der Waals surface area contributed by atoms with Crippen molar-refractivity contribution >= 4 is 16.0 Å². The Labute approximate surface area is 134 Å². The fourth-order valence-corrected chi connectivity index (χ4v) is 2.73. The van der Waals surface area contributed by atoms with Crippen molar-refractivity contribution in [3.63, 3.8) is 0 Å². The van der Waals surface area contributed by atoms with Crippen LogP contribution in [-0.4, -0.2) is 32.8 Å². The zero-order valence-corrected chi connectivity index (χ0v) is 13.5. The van der Waals surface area contributed by atoms with Crippen molar-refractivity contribution in [2.24, 2.45) is 0 Å². The number of carbonyl (C=O) groups excluding carboxylic acids is 1. The maximum absolute atomic E-state index is 13.0. The lowest BCUT2D eigenvalue weighted by molar-refractivity contribution is 0.0472. The van der Waals surface area contributed by atoms with E-state index >= 15 is 0 Å². The van der Waals surface area contributed by atoms with Gasteiger partial charge < -0.3 is 4.74 Å². The van der Waals surface area contributed by atoms with Gasteiger partial charge in [-0.2, -0.15) is 0 Å². The summed E-state index contributed by atoms with van der Waals surface area (Å²) in [5, 5.41) is 0. The first-order chi connectivity index (χ1) is 10.8. The van der Waals surface area contributed by atoms with Gasteiger partial charge in [0.05, 0.1) is 10.5 Å². The molecular formula is C16H16FNO4S. The highest BCUT2D eigenvalue weighted by molar-refractivity contribution is 7.89. The van der Waals surface area contributed by atoms with Gasteiger partial charge in [0.15, 0.2) is 0 Å². The second-order valence-electron chi connectivity index (χ2n) is 5.02. The number of esters is 1. The van der Waals surface area contributed by atoms with Crippen LogP contribution in [0.5, 0.6) is 0 Å². The summed E-state index contributed by atoms with van der Waals surface area (Å²) in [7, 11) is -0.686. The number of hydrogen-bond donors (Lipinski definition) is 0. The van der Waals surface area contributed by atoms with Crippen molar-refractivity contribution in [1.82, 2.24) is 4.31 Å². The molecule has 23 heavy (non-hydrogen) atoms. The summed E-state index contributed by atoms with van der Waals surface area (Å²) in [6.45, 7) is -0.0612. The van der Waals surface area contributed by atoms with Crippen LogP contribution in [0.15, 0.2) is 53.4 Å². The molecule has 2 aromatic carbocycles. The van der Waals surface area contributed by atoms with Crippen molar-refractivity contribution in [2.75, 3.05) is 14.1 Å². The molecule has 0 radical (unpaired) electrons. The average Bonchev–Trinajstić information content (AvgIpc) is 2.52. The van der Waals surface area contributed by atoms with Crippen LogP contribution >= 0.6 is 0 Å². The summed E-state index contributed by atoms with van der Waals surface area (Å²) < 4.78 is 43.1. The number of carbonyl (C=O) groups is 1. The molecule has 7 heteroatoms. The molecule has 122 valence electrons. The predicted molar refractivity (Wildman–Crippen MR) is 82.8 cm³/mol. The lowest BCUT2D eigenvalue weighted by Gasteiger charge is -2.11. The third-order valence-corrected chi connectivity index (χ3v) is 4.96. The molecule has 0 bridgehead atoms. The van der Waals surface area contributed by atoms with E-state index in [-0.39, 0.29) is 17.1 Å². The highest BCUT2D eigenvalue weighted by atomic mass is 32.2. The number of halogens is 1. The Morgan fingerprint density at radius 3 is 2.35 bits per heavy atom. The molecule has 0 N–H and O–H groups in total. The lowest BCUT2D eigenvalue weighted by Crippen LogP contribution is -2.22. The fourth-order valence-electron chi connectivity index (χ4n) is 1.83. The van der Waals surface area contributed by atoms with Gasteiger partial charge in [-0.25, -0.2) is 21.9 Å². The van der Waals surface area contributed by atoms with Crippen molar-refractivity contribution in [2.45, 2.75) is 11.5 Å². The molecule has 0 unspecified atom stereocenters. The van der Waals surface area contributed by atoms with Crippen LogP contribution < -0.4 is 0 Å². The molecule has 0 spiro atoms. The molecular weight excluding hydrogens is 321 g/mol. The highest BCUT2D eigenvalue weighted by Crippen LogP contribution is 2.15. The smallest absolute Gasteiger partial charge is 0.338 e. The molecule has 0 aliphatic rings. The van der Waals surface area contributed by atoms with Crippen LogP contribution in [0.4, 0.5) is 4.39 Å². The Kier molecular flexibility index (Phi) is 5.12. The van der Waals surface area contributed by atoms with Gasteiger partial charge in [0, 0.05) is 14.1 Å². The maximum atomic E-state index is 13.0. The molecule has 2 rings (SSSR count). The van der Waals surface area contributed by atoms with E-state index in [2.05, 4.69) is 0 Å². The molecule has 0 amide bonds. The van der Waals surface area contributed by atoms with Crippen molar-refractivity contribution in [3.8, 4) is 0 Å². The number of benzene rings is 2. The van der Waals surface area contributed by atoms with Crippen LogP contribution in [0.3, 0.4) is 0 Å². The van der Waals surface area contributed by atoms with Gasteiger partial charge in [-0.05, 0) is 42.0 Å². The number of sulfonamides is 1.